The van der Waals surface area contributed by atoms with E-state index in [1.54, 1.807) is 0 Å². The molecule has 0 heterocycles. The molecular formula is C10H14O9. The Morgan fingerprint density at radius 2 is 1.53 bits per heavy atom. The van der Waals surface area contributed by atoms with E-state index in [9.17, 15) is 24.3 Å². The molecule has 4 atom stereocenters. The summed E-state index contributed by atoms with van der Waals surface area (Å²) in [6.07, 6.45) is -7.97. The molecule has 0 aromatic rings. The van der Waals surface area contributed by atoms with Crippen LogP contribution in [0.3, 0.4) is 0 Å². The first kappa shape index (κ1) is 17.0. The van der Waals surface area contributed by atoms with E-state index in [1.807, 2.05) is 0 Å². The van der Waals surface area contributed by atoms with E-state index in [4.69, 9.17) is 10.2 Å². The van der Waals surface area contributed by atoms with Crippen molar-refractivity contribution in [2.24, 2.45) is 0 Å². The molecule has 19 heavy (non-hydrogen) atoms. The van der Waals surface area contributed by atoms with E-state index < -0.39 is 42.3 Å². The number of aliphatic hydroxyl groups excluding tert-OH is 2. The SMILES string of the molecule is CC(=O)O[C@@H]([C@H](O)[C@H](O)C(=O)O)[C@H](C=O)OC(C)=O. The average molecular weight is 278 g/mol. The predicted molar refractivity (Wildman–Crippen MR) is 56.8 cm³/mol. The standard InChI is InChI=1S/C10H14O9/c1-4(12)18-6(3-11)9(19-5(2)13)7(14)8(15)10(16)17/h3,6-9,14-15H,1-2H3,(H,16,17)/t6-,7+,8-,9+/m0/s1. The van der Waals surface area contributed by atoms with E-state index in [-0.39, 0.29) is 6.29 Å². The molecule has 0 aromatic carbocycles. The first-order valence-electron chi connectivity index (χ1n) is 5.09. The van der Waals surface area contributed by atoms with Gasteiger partial charge < -0.3 is 24.8 Å². The third-order valence-electron chi connectivity index (χ3n) is 1.98. The van der Waals surface area contributed by atoms with Crippen LogP contribution in [0.15, 0.2) is 0 Å². The maximum atomic E-state index is 10.8. The summed E-state index contributed by atoms with van der Waals surface area (Å²) in [6.45, 7) is 1.89. The van der Waals surface area contributed by atoms with Gasteiger partial charge in [-0.25, -0.2) is 4.79 Å². The minimum atomic E-state index is -2.32. The number of carbonyl (C=O) groups is 4. The second-order valence-electron chi connectivity index (χ2n) is 3.56. The Morgan fingerprint density at radius 3 is 1.84 bits per heavy atom. The topological polar surface area (TPSA) is 147 Å². The number of esters is 2. The molecule has 0 bridgehead atoms. The van der Waals surface area contributed by atoms with Crippen LogP contribution < -0.4 is 0 Å². The van der Waals surface area contributed by atoms with Gasteiger partial charge in [0.25, 0.3) is 0 Å². The molecule has 0 spiro atoms. The fourth-order valence-corrected chi connectivity index (χ4v) is 1.21. The van der Waals surface area contributed by atoms with Gasteiger partial charge >= 0.3 is 17.9 Å². The van der Waals surface area contributed by atoms with Crippen LogP contribution in [0.25, 0.3) is 0 Å². The average Bonchev–Trinajstić information content (AvgIpc) is 2.30. The highest BCUT2D eigenvalue weighted by atomic mass is 16.6. The van der Waals surface area contributed by atoms with E-state index in [1.165, 1.54) is 0 Å². The van der Waals surface area contributed by atoms with Crippen LogP contribution >= 0.6 is 0 Å². The Labute approximate surface area is 107 Å². The lowest BCUT2D eigenvalue weighted by atomic mass is 10.0. The van der Waals surface area contributed by atoms with Crippen molar-refractivity contribution in [3.63, 3.8) is 0 Å². The maximum Gasteiger partial charge on any atom is 0.335 e. The van der Waals surface area contributed by atoms with Crippen LogP contribution in [0, 0.1) is 0 Å². The molecule has 0 rings (SSSR count). The van der Waals surface area contributed by atoms with Gasteiger partial charge in [-0.05, 0) is 0 Å². The summed E-state index contributed by atoms with van der Waals surface area (Å²) in [7, 11) is 0. The van der Waals surface area contributed by atoms with E-state index in [0.29, 0.717) is 0 Å². The van der Waals surface area contributed by atoms with E-state index >= 15 is 0 Å². The van der Waals surface area contributed by atoms with Crippen molar-refractivity contribution in [2.75, 3.05) is 0 Å². The lowest BCUT2D eigenvalue weighted by Crippen LogP contribution is -2.51. The Balaban J connectivity index is 5.16. The lowest BCUT2D eigenvalue weighted by Gasteiger charge is -2.27. The molecule has 0 aliphatic carbocycles. The van der Waals surface area contributed by atoms with Crippen molar-refractivity contribution in [1.29, 1.82) is 0 Å². The van der Waals surface area contributed by atoms with Gasteiger partial charge in [0, 0.05) is 13.8 Å². The van der Waals surface area contributed by atoms with Gasteiger partial charge in [0.1, 0.15) is 6.10 Å². The monoisotopic (exact) mass is 278 g/mol. The van der Waals surface area contributed by atoms with Crippen LogP contribution in [0.5, 0.6) is 0 Å². The Morgan fingerprint density at radius 1 is 1.05 bits per heavy atom. The Hall–Kier alpha value is -2.00. The normalized spacial score (nSPS) is 16.6. The fourth-order valence-electron chi connectivity index (χ4n) is 1.21. The number of carbonyl (C=O) groups excluding carboxylic acids is 3. The van der Waals surface area contributed by atoms with Gasteiger partial charge in [0.15, 0.2) is 24.6 Å². The smallest absolute Gasteiger partial charge is 0.335 e. The second kappa shape index (κ2) is 7.44. The van der Waals surface area contributed by atoms with Crippen LogP contribution in [0.1, 0.15) is 13.8 Å². The molecule has 0 radical (unpaired) electrons. The van der Waals surface area contributed by atoms with Crippen LogP contribution in [-0.2, 0) is 28.7 Å². The Kier molecular flexibility index (Phi) is 6.66. The van der Waals surface area contributed by atoms with Crippen molar-refractivity contribution in [2.45, 2.75) is 38.3 Å². The number of hydrogen-bond donors (Lipinski definition) is 3. The van der Waals surface area contributed by atoms with Crippen LogP contribution in [0.4, 0.5) is 0 Å². The largest absolute Gasteiger partial charge is 0.479 e. The second-order valence-corrected chi connectivity index (χ2v) is 3.56. The van der Waals surface area contributed by atoms with Crippen molar-refractivity contribution in [3.05, 3.63) is 0 Å². The number of aliphatic carboxylic acids is 1. The van der Waals surface area contributed by atoms with E-state index in [0.717, 1.165) is 13.8 Å². The zero-order valence-corrected chi connectivity index (χ0v) is 10.2. The summed E-state index contributed by atoms with van der Waals surface area (Å²) in [5.74, 6) is -3.66. The third kappa shape index (κ3) is 5.44. The molecule has 108 valence electrons. The molecule has 0 saturated carbocycles. The van der Waals surface area contributed by atoms with Crippen LogP contribution in [-0.4, -0.2) is 63.9 Å². The fraction of sp³-hybridized carbons (Fsp3) is 0.600. The number of rotatable bonds is 7. The quantitative estimate of drug-likeness (QED) is 0.350. The lowest BCUT2D eigenvalue weighted by molar-refractivity contribution is -0.186. The highest BCUT2D eigenvalue weighted by Gasteiger charge is 2.40. The van der Waals surface area contributed by atoms with Gasteiger partial charge in [0.05, 0.1) is 0 Å². The molecule has 9 heteroatoms. The molecule has 0 aliphatic rings. The van der Waals surface area contributed by atoms with E-state index in [2.05, 4.69) is 9.47 Å². The number of hydrogen-bond acceptors (Lipinski definition) is 8. The number of carboxylic acids is 1. The summed E-state index contributed by atoms with van der Waals surface area (Å²) >= 11 is 0. The van der Waals surface area contributed by atoms with Gasteiger partial charge in [-0.15, -0.1) is 0 Å². The number of aldehydes is 1. The third-order valence-corrected chi connectivity index (χ3v) is 1.98. The highest BCUT2D eigenvalue weighted by molar-refractivity contribution is 5.74. The Bertz CT molecular complexity index is 364. The summed E-state index contributed by atoms with van der Waals surface area (Å²) in [4.78, 5) is 42.9. The number of carboxylic acid groups (broad SMARTS) is 1. The first-order valence-corrected chi connectivity index (χ1v) is 5.09. The summed E-state index contributed by atoms with van der Waals surface area (Å²) in [5, 5.41) is 27.2. The van der Waals surface area contributed by atoms with Gasteiger partial charge in [-0.1, -0.05) is 0 Å². The van der Waals surface area contributed by atoms with Crippen LogP contribution in [0.2, 0.25) is 0 Å². The number of ether oxygens (including phenoxy) is 2. The van der Waals surface area contributed by atoms with Crippen molar-refractivity contribution >= 4 is 24.2 Å². The molecule has 0 unspecified atom stereocenters. The molecule has 9 nitrogen and oxygen atoms in total. The zero-order chi connectivity index (χ0) is 15.2. The molecule has 3 N–H and O–H groups in total. The van der Waals surface area contributed by atoms with Crippen molar-refractivity contribution in [1.82, 2.24) is 0 Å². The maximum absolute atomic E-state index is 10.8. The minimum Gasteiger partial charge on any atom is -0.479 e. The molecule has 0 aliphatic heterocycles. The molecule has 0 amide bonds. The van der Waals surface area contributed by atoms with Gasteiger partial charge in [0.2, 0.25) is 0 Å². The summed E-state index contributed by atoms with van der Waals surface area (Å²) < 4.78 is 8.98. The molecule has 0 fully saturated rings. The summed E-state index contributed by atoms with van der Waals surface area (Å²) in [6, 6.07) is 0. The summed E-state index contributed by atoms with van der Waals surface area (Å²) in [5.41, 5.74) is 0. The number of aliphatic hydroxyl groups is 2. The van der Waals surface area contributed by atoms with Gasteiger partial charge in [-0.2, -0.15) is 0 Å². The predicted octanol–water partition coefficient (Wildman–Crippen LogP) is -2.14. The minimum absolute atomic E-state index is 0.0484. The van der Waals surface area contributed by atoms with Crippen molar-refractivity contribution in [3.8, 4) is 0 Å². The molecule has 0 aromatic heterocycles. The highest BCUT2D eigenvalue weighted by Crippen LogP contribution is 2.12. The molecule has 0 saturated heterocycles. The van der Waals surface area contributed by atoms with Crippen molar-refractivity contribution < 1.29 is 44.0 Å². The van der Waals surface area contributed by atoms with Gasteiger partial charge in [-0.3, -0.25) is 14.4 Å². The first-order chi connectivity index (χ1) is 8.70. The molecular weight excluding hydrogens is 264 g/mol. The zero-order valence-electron chi connectivity index (χ0n) is 10.2.